The van der Waals surface area contributed by atoms with Crippen molar-refractivity contribution in [1.29, 1.82) is 0 Å². The zero-order valence-corrected chi connectivity index (χ0v) is 16.4. The number of aromatic nitrogens is 2. The molecule has 6 nitrogen and oxygen atoms in total. The number of carbonyl (C=O) groups is 1. The largest absolute Gasteiger partial charge is 0.416 e. The van der Waals surface area contributed by atoms with Gasteiger partial charge in [0.05, 0.1) is 11.3 Å². The number of aryl methyl sites for hydroxylation is 1. The Morgan fingerprint density at radius 2 is 1.96 bits per heavy atom. The maximum absolute atomic E-state index is 12.9. The van der Waals surface area contributed by atoms with Gasteiger partial charge in [-0.2, -0.15) is 18.3 Å². The lowest BCUT2D eigenvalue weighted by Crippen LogP contribution is -2.40. The van der Waals surface area contributed by atoms with E-state index in [1.807, 2.05) is 13.8 Å². The van der Waals surface area contributed by atoms with E-state index in [4.69, 9.17) is 0 Å². The number of halogens is 4. The van der Waals surface area contributed by atoms with Crippen LogP contribution >= 0.6 is 12.4 Å². The summed E-state index contributed by atoms with van der Waals surface area (Å²) >= 11 is 0. The van der Waals surface area contributed by atoms with Crippen molar-refractivity contribution in [2.75, 3.05) is 13.1 Å². The summed E-state index contributed by atoms with van der Waals surface area (Å²) in [6.45, 7) is 6.33. The molecular formula is C18H22ClF3N4O2. The Kier molecular flexibility index (Phi) is 8.19. The minimum Gasteiger partial charge on any atom is -0.349 e. The summed E-state index contributed by atoms with van der Waals surface area (Å²) < 4.78 is 40.0. The summed E-state index contributed by atoms with van der Waals surface area (Å²) in [5.74, 6) is -0.675. The SMILES string of the molecule is CCN[C@H](C)CNC(=O)c1nn(-c2cccc(C(F)(F)F)c2)c(C)cc1=O.Cl. The van der Waals surface area contributed by atoms with Gasteiger partial charge in [-0.1, -0.05) is 13.0 Å². The Bertz CT molecular complexity index is 884. The lowest BCUT2D eigenvalue weighted by molar-refractivity contribution is -0.137. The third-order valence-electron chi connectivity index (χ3n) is 3.86. The molecule has 0 saturated carbocycles. The smallest absolute Gasteiger partial charge is 0.349 e. The Morgan fingerprint density at radius 3 is 2.57 bits per heavy atom. The lowest BCUT2D eigenvalue weighted by atomic mass is 10.2. The second-order valence-corrected chi connectivity index (χ2v) is 6.13. The first-order chi connectivity index (χ1) is 12.6. The number of likely N-dealkylation sites (N-methyl/N-ethyl adjacent to an activating group) is 1. The fourth-order valence-corrected chi connectivity index (χ4v) is 2.53. The van der Waals surface area contributed by atoms with Gasteiger partial charge in [-0.25, -0.2) is 4.68 Å². The monoisotopic (exact) mass is 418 g/mol. The molecule has 154 valence electrons. The Balaban J connectivity index is 0.00000392. The topological polar surface area (TPSA) is 76.0 Å². The van der Waals surface area contributed by atoms with Crippen LogP contribution in [0.2, 0.25) is 0 Å². The van der Waals surface area contributed by atoms with Crippen LogP contribution in [0, 0.1) is 6.92 Å². The van der Waals surface area contributed by atoms with Crippen LogP contribution in [0.1, 0.15) is 35.6 Å². The number of hydrogen-bond acceptors (Lipinski definition) is 4. The van der Waals surface area contributed by atoms with Gasteiger partial charge in [-0.15, -0.1) is 12.4 Å². The Hall–Kier alpha value is -2.39. The first-order valence-electron chi connectivity index (χ1n) is 8.43. The summed E-state index contributed by atoms with van der Waals surface area (Å²) in [7, 11) is 0. The second kappa shape index (κ2) is 9.70. The van der Waals surface area contributed by atoms with Crippen molar-refractivity contribution >= 4 is 18.3 Å². The number of amides is 1. The minimum atomic E-state index is -4.51. The molecule has 2 rings (SSSR count). The van der Waals surface area contributed by atoms with E-state index in [9.17, 15) is 22.8 Å². The van der Waals surface area contributed by atoms with Crippen LogP contribution in [0.15, 0.2) is 35.1 Å². The number of benzene rings is 1. The first kappa shape index (κ1) is 23.6. The highest BCUT2D eigenvalue weighted by atomic mass is 35.5. The van der Waals surface area contributed by atoms with Crippen LogP contribution in [0.5, 0.6) is 0 Å². The van der Waals surface area contributed by atoms with Crippen LogP contribution in [0.3, 0.4) is 0 Å². The first-order valence-corrected chi connectivity index (χ1v) is 8.43. The maximum atomic E-state index is 12.9. The molecule has 0 bridgehead atoms. The highest BCUT2D eigenvalue weighted by molar-refractivity contribution is 5.92. The molecule has 10 heteroatoms. The number of nitrogens with zero attached hydrogens (tertiary/aromatic N) is 2. The van der Waals surface area contributed by atoms with E-state index in [1.54, 1.807) is 0 Å². The Morgan fingerprint density at radius 1 is 1.29 bits per heavy atom. The Labute approximate surface area is 166 Å². The number of carbonyl (C=O) groups excluding carboxylic acids is 1. The molecule has 0 radical (unpaired) electrons. The number of alkyl halides is 3. The van der Waals surface area contributed by atoms with Gasteiger partial charge < -0.3 is 10.6 Å². The molecule has 2 N–H and O–H groups in total. The predicted octanol–water partition coefficient (Wildman–Crippen LogP) is 2.71. The van der Waals surface area contributed by atoms with E-state index < -0.39 is 23.1 Å². The molecule has 1 aromatic carbocycles. The van der Waals surface area contributed by atoms with Crippen molar-refractivity contribution in [1.82, 2.24) is 20.4 Å². The highest BCUT2D eigenvalue weighted by Gasteiger charge is 2.30. The van der Waals surface area contributed by atoms with Crippen LogP contribution in [0.4, 0.5) is 13.2 Å². The molecular weight excluding hydrogens is 397 g/mol. The van der Waals surface area contributed by atoms with Crippen molar-refractivity contribution in [3.8, 4) is 5.69 Å². The second-order valence-electron chi connectivity index (χ2n) is 6.13. The molecule has 0 unspecified atom stereocenters. The van der Waals surface area contributed by atoms with E-state index in [1.165, 1.54) is 25.1 Å². The van der Waals surface area contributed by atoms with E-state index in [0.29, 0.717) is 5.69 Å². The molecule has 1 aromatic heterocycles. The van der Waals surface area contributed by atoms with Crippen LogP contribution in [0.25, 0.3) is 5.69 Å². The fraction of sp³-hybridized carbons (Fsp3) is 0.389. The normalized spacial score (nSPS) is 12.2. The van der Waals surface area contributed by atoms with Gasteiger partial charge in [0.1, 0.15) is 0 Å². The maximum Gasteiger partial charge on any atom is 0.416 e. The summed E-state index contributed by atoms with van der Waals surface area (Å²) in [6, 6.07) is 5.70. The van der Waals surface area contributed by atoms with Crippen molar-refractivity contribution < 1.29 is 18.0 Å². The third-order valence-corrected chi connectivity index (χ3v) is 3.86. The molecule has 28 heavy (non-hydrogen) atoms. The molecule has 0 spiro atoms. The van der Waals surface area contributed by atoms with Crippen molar-refractivity contribution in [2.45, 2.75) is 33.0 Å². The van der Waals surface area contributed by atoms with Gasteiger partial charge in [0.25, 0.3) is 5.91 Å². The summed E-state index contributed by atoms with van der Waals surface area (Å²) in [4.78, 5) is 24.4. The van der Waals surface area contributed by atoms with E-state index in [0.717, 1.165) is 23.4 Å². The average Bonchev–Trinajstić information content (AvgIpc) is 2.59. The quantitative estimate of drug-likeness (QED) is 0.756. The highest BCUT2D eigenvalue weighted by Crippen LogP contribution is 2.30. The molecule has 0 saturated heterocycles. The molecule has 1 heterocycles. The van der Waals surface area contributed by atoms with E-state index in [-0.39, 0.29) is 36.4 Å². The van der Waals surface area contributed by atoms with Gasteiger partial charge in [0.2, 0.25) is 5.43 Å². The molecule has 2 aromatic rings. The number of hydrogen-bond donors (Lipinski definition) is 2. The number of nitrogens with one attached hydrogen (secondary N) is 2. The van der Waals surface area contributed by atoms with Gasteiger partial charge >= 0.3 is 6.18 Å². The summed E-state index contributed by atoms with van der Waals surface area (Å²) in [5, 5.41) is 9.70. The van der Waals surface area contributed by atoms with Gasteiger partial charge in [-0.3, -0.25) is 9.59 Å². The van der Waals surface area contributed by atoms with E-state index in [2.05, 4.69) is 15.7 Å². The molecule has 1 amide bonds. The molecule has 1 atom stereocenters. The minimum absolute atomic E-state index is 0. The zero-order valence-electron chi connectivity index (χ0n) is 15.6. The summed E-state index contributed by atoms with van der Waals surface area (Å²) in [6.07, 6.45) is -4.51. The fourth-order valence-electron chi connectivity index (χ4n) is 2.53. The van der Waals surface area contributed by atoms with Gasteiger partial charge in [0, 0.05) is 24.3 Å². The molecule has 0 fully saturated rings. The third kappa shape index (κ3) is 5.80. The van der Waals surface area contributed by atoms with Crippen molar-refractivity contribution in [3.05, 3.63) is 57.5 Å². The lowest BCUT2D eigenvalue weighted by Gasteiger charge is -2.15. The molecule has 0 aliphatic rings. The van der Waals surface area contributed by atoms with Crippen LogP contribution in [-0.4, -0.2) is 34.8 Å². The van der Waals surface area contributed by atoms with Gasteiger partial charge in [0.15, 0.2) is 5.69 Å². The summed E-state index contributed by atoms with van der Waals surface area (Å²) in [5.41, 5.74) is -1.38. The van der Waals surface area contributed by atoms with Crippen molar-refractivity contribution in [2.24, 2.45) is 0 Å². The van der Waals surface area contributed by atoms with Crippen molar-refractivity contribution in [3.63, 3.8) is 0 Å². The number of rotatable bonds is 6. The molecule has 0 aliphatic carbocycles. The van der Waals surface area contributed by atoms with Crippen LogP contribution < -0.4 is 16.1 Å². The molecule has 0 aliphatic heterocycles. The van der Waals surface area contributed by atoms with Crippen LogP contribution in [-0.2, 0) is 6.18 Å². The van der Waals surface area contributed by atoms with Gasteiger partial charge in [-0.05, 0) is 38.6 Å². The average molecular weight is 419 g/mol. The predicted molar refractivity (Wildman–Crippen MR) is 102 cm³/mol. The standard InChI is InChI=1S/C18H21F3N4O2.ClH/c1-4-22-11(2)10-23-17(27)16-15(26)8-12(3)25(24-16)14-7-5-6-13(9-14)18(19,20)21;/h5-9,11,22H,4,10H2,1-3H3,(H,23,27);1H/t11-;/m1./s1. The zero-order chi connectivity index (χ0) is 20.2. The van der Waals surface area contributed by atoms with E-state index >= 15 is 0 Å².